The second-order valence-electron chi connectivity index (χ2n) is 2.04. The first-order valence-electron chi connectivity index (χ1n) is 3.09. The standard InChI is InChI=1S/C8H9ClN/c1-2-6-4-3-5-7(10)8(6)9/h2-5H,10H2,1H3. The molecule has 0 spiro atoms. The van der Waals surface area contributed by atoms with Crippen LogP contribution in [0, 0.1) is 6.42 Å². The van der Waals surface area contributed by atoms with E-state index >= 15 is 0 Å². The van der Waals surface area contributed by atoms with E-state index in [4.69, 9.17) is 17.3 Å². The van der Waals surface area contributed by atoms with Crippen LogP contribution in [0.2, 0.25) is 5.02 Å². The van der Waals surface area contributed by atoms with E-state index in [2.05, 4.69) is 0 Å². The molecule has 0 saturated heterocycles. The molecule has 0 aliphatic rings. The van der Waals surface area contributed by atoms with Gasteiger partial charge in [0.15, 0.2) is 0 Å². The fraction of sp³-hybridized carbons (Fsp3) is 0.125. The van der Waals surface area contributed by atoms with Gasteiger partial charge >= 0.3 is 0 Å². The summed E-state index contributed by atoms with van der Waals surface area (Å²) in [5, 5.41) is 0.644. The lowest BCUT2D eigenvalue weighted by molar-refractivity contribution is 1.42. The third-order valence-electron chi connectivity index (χ3n) is 1.37. The normalized spacial score (nSPS) is 9.80. The minimum atomic E-state index is 0.636. The Bertz CT molecular complexity index is 233. The van der Waals surface area contributed by atoms with Gasteiger partial charge in [0.1, 0.15) is 0 Å². The van der Waals surface area contributed by atoms with Gasteiger partial charge in [0.05, 0.1) is 10.7 Å². The van der Waals surface area contributed by atoms with E-state index in [9.17, 15) is 0 Å². The molecule has 1 aromatic rings. The van der Waals surface area contributed by atoms with Gasteiger partial charge in [-0.25, -0.2) is 0 Å². The molecule has 0 aromatic heterocycles. The first-order valence-corrected chi connectivity index (χ1v) is 3.47. The molecule has 1 nitrogen and oxygen atoms in total. The second kappa shape index (κ2) is 2.93. The van der Waals surface area contributed by atoms with Crippen LogP contribution < -0.4 is 5.73 Å². The summed E-state index contributed by atoms with van der Waals surface area (Å²) in [5.41, 5.74) is 7.17. The maximum absolute atomic E-state index is 5.84. The molecule has 2 heteroatoms. The summed E-state index contributed by atoms with van der Waals surface area (Å²) < 4.78 is 0. The third kappa shape index (κ3) is 1.24. The summed E-state index contributed by atoms with van der Waals surface area (Å²) in [5.74, 6) is 0. The molecule has 0 saturated carbocycles. The van der Waals surface area contributed by atoms with Crippen molar-refractivity contribution in [2.45, 2.75) is 6.92 Å². The van der Waals surface area contributed by atoms with Gasteiger partial charge in [0, 0.05) is 0 Å². The van der Waals surface area contributed by atoms with Gasteiger partial charge in [-0.15, -0.1) is 0 Å². The van der Waals surface area contributed by atoms with Crippen molar-refractivity contribution in [3.05, 3.63) is 35.2 Å². The van der Waals surface area contributed by atoms with Crippen molar-refractivity contribution >= 4 is 17.3 Å². The second-order valence-corrected chi connectivity index (χ2v) is 2.42. The van der Waals surface area contributed by atoms with E-state index in [1.165, 1.54) is 0 Å². The first-order chi connectivity index (χ1) is 4.75. The lowest BCUT2D eigenvalue weighted by Gasteiger charge is -2.01. The van der Waals surface area contributed by atoms with Crippen LogP contribution in [0.15, 0.2) is 18.2 Å². The minimum Gasteiger partial charge on any atom is -0.398 e. The lowest BCUT2D eigenvalue weighted by Crippen LogP contribution is -1.88. The molecule has 0 unspecified atom stereocenters. The number of nitrogen functional groups attached to an aromatic ring is 1. The maximum Gasteiger partial charge on any atom is 0.0670 e. The summed E-state index contributed by atoms with van der Waals surface area (Å²) in [7, 11) is 0. The quantitative estimate of drug-likeness (QED) is 0.618. The summed E-state index contributed by atoms with van der Waals surface area (Å²) in [4.78, 5) is 0. The fourth-order valence-corrected chi connectivity index (χ4v) is 1.03. The van der Waals surface area contributed by atoms with Gasteiger partial charge < -0.3 is 5.73 Å². The number of benzene rings is 1. The Morgan fingerprint density at radius 3 is 2.70 bits per heavy atom. The molecule has 0 fully saturated rings. The van der Waals surface area contributed by atoms with Gasteiger partial charge in [0.25, 0.3) is 0 Å². The SMILES string of the molecule is C[CH]c1cccc(N)c1Cl. The first kappa shape index (κ1) is 7.42. The predicted octanol–water partition coefficient (Wildman–Crippen LogP) is 2.49. The van der Waals surface area contributed by atoms with Crippen molar-refractivity contribution in [2.24, 2.45) is 0 Å². The summed E-state index contributed by atoms with van der Waals surface area (Å²) in [6.07, 6.45) is 1.93. The van der Waals surface area contributed by atoms with E-state index in [1.54, 1.807) is 6.07 Å². The molecular formula is C8H9ClN. The Morgan fingerprint density at radius 2 is 2.20 bits per heavy atom. The molecule has 53 valence electrons. The van der Waals surface area contributed by atoms with Crippen LogP contribution in [-0.2, 0) is 0 Å². The topological polar surface area (TPSA) is 26.0 Å². The van der Waals surface area contributed by atoms with Crippen molar-refractivity contribution in [1.82, 2.24) is 0 Å². The molecule has 0 aliphatic heterocycles. The smallest absolute Gasteiger partial charge is 0.0670 e. The van der Waals surface area contributed by atoms with Crippen LogP contribution in [0.4, 0.5) is 5.69 Å². The van der Waals surface area contributed by atoms with E-state index in [0.29, 0.717) is 10.7 Å². The van der Waals surface area contributed by atoms with Gasteiger partial charge in [-0.3, -0.25) is 0 Å². The van der Waals surface area contributed by atoms with Gasteiger partial charge in [-0.1, -0.05) is 30.7 Å². The average molecular weight is 155 g/mol. The molecule has 2 N–H and O–H groups in total. The summed E-state index contributed by atoms with van der Waals surface area (Å²) >= 11 is 5.84. The van der Waals surface area contributed by atoms with Crippen LogP contribution in [0.5, 0.6) is 0 Å². The van der Waals surface area contributed by atoms with Crippen LogP contribution in [0.25, 0.3) is 0 Å². The zero-order chi connectivity index (χ0) is 7.56. The number of hydrogen-bond acceptors (Lipinski definition) is 1. The highest BCUT2D eigenvalue weighted by Gasteiger charge is 1.99. The summed E-state index contributed by atoms with van der Waals surface area (Å²) in [6, 6.07) is 5.60. The van der Waals surface area contributed by atoms with Gasteiger partial charge in [-0.2, -0.15) is 0 Å². The van der Waals surface area contributed by atoms with Crippen LogP contribution in [0.1, 0.15) is 12.5 Å². The van der Waals surface area contributed by atoms with Gasteiger partial charge in [0.2, 0.25) is 0 Å². The number of anilines is 1. The van der Waals surface area contributed by atoms with E-state index in [1.807, 2.05) is 25.5 Å². The molecule has 0 amide bonds. The molecule has 0 bridgehead atoms. The minimum absolute atomic E-state index is 0.636. The maximum atomic E-state index is 5.84. The van der Waals surface area contributed by atoms with E-state index < -0.39 is 0 Å². The molecule has 0 heterocycles. The Kier molecular flexibility index (Phi) is 2.17. The van der Waals surface area contributed by atoms with E-state index in [0.717, 1.165) is 5.56 Å². The number of halogens is 1. The molecule has 1 aromatic carbocycles. The highest BCUT2D eigenvalue weighted by molar-refractivity contribution is 6.34. The zero-order valence-corrected chi connectivity index (χ0v) is 6.52. The van der Waals surface area contributed by atoms with Crippen LogP contribution >= 0.6 is 11.6 Å². The summed E-state index contributed by atoms with van der Waals surface area (Å²) in [6.45, 7) is 1.93. The molecule has 0 aliphatic carbocycles. The molecule has 0 atom stereocenters. The average Bonchev–Trinajstić information content (AvgIpc) is 1.95. The Balaban J connectivity index is 3.14. The highest BCUT2D eigenvalue weighted by atomic mass is 35.5. The Hall–Kier alpha value is -0.690. The Labute approximate surface area is 65.8 Å². The van der Waals surface area contributed by atoms with Crippen molar-refractivity contribution in [3.63, 3.8) is 0 Å². The van der Waals surface area contributed by atoms with Gasteiger partial charge in [-0.05, 0) is 18.1 Å². The van der Waals surface area contributed by atoms with Crippen molar-refractivity contribution in [2.75, 3.05) is 5.73 Å². The zero-order valence-electron chi connectivity index (χ0n) is 5.76. The number of nitrogens with two attached hydrogens (primary N) is 1. The van der Waals surface area contributed by atoms with Crippen molar-refractivity contribution in [3.8, 4) is 0 Å². The van der Waals surface area contributed by atoms with Crippen molar-refractivity contribution in [1.29, 1.82) is 0 Å². The third-order valence-corrected chi connectivity index (χ3v) is 1.81. The van der Waals surface area contributed by atoms with E-state index in [-0.39, 0.29) is 0 Å². The molecule has 1 rings (SSSR count). The van der Waals surface area contributed by atoms with Crippen LogP contribution in [-0.4, -0.2) is 0 Å². The molecule has 1 radical (unpaired) electrons. The largest absolute Gasteiger partial charge is 0.398 e. The van der Waals surface area contributed by atoms with Crippen molar-refractivity contribution < 1.29 is 0 Å². The highest BCUT2D eigenvalue weighted by Crippen LogP contribution is 2.23. The predicted molar refractivity (Wildman–Crippen MR) is 44.9 cm³/mol. The monoisotopic (exact) mass is 154 g/mol. The van der Waals surface area contributed by atoms with Crippen LogP contribution in [0.3, 0.4) is 0 Å². The number of rotatable bonds is 1. The molecular weight excluding hydrogens is 146 g/mol. The number of hydrogen-bond donors (Lipinski definition) is 1. The fourth-order valence-electron chi connectivity index (χ4n) is 0.791. The lowest BCUT2D eigenvalue weighted by atomic mass is 10.1. The Morgan fingerprint density at radius 1 is 1.50 bits per heavy atom. The molecule has 10 heavy (non-hydrogen) atoms.